The molecule has 1 fully saturated rings. The van der Waals surface area contributed by atoms with Crippen LogP contribution >= 0.6 is 23.5 Å². The van der Waals surface area contributed by atoms with Gasteiger partial charge < -0.3 is 5.32 Å². The summed E-state index contributed by atoms with van der Waals surface area (Å²) < 4.78 is 0. The van der Waals surface area contributed by atoms with E-state index in [1.54, 1.807) is 0 Å². The molecule has 1 rings (SSSR count). The largest absolute Gasteiger partial charge is 0.313 e. The maximum atomic E-state index is 3.71. The van der Waals surface area contributed by atoms with Crippen molar-refractivity contribution in [2.45, 2.75) is 43.4 Å². The first kappa shape index (κ1) is 12.7. The molecule has 0 heterocycles. The maximum absolute atomic E-state index is 3.71. The van der Waals surface area contributed by atoms with Gasteiger partial charge in [0, 0.05) is 11.3 Å². The van der Waals surface area contributed by atoms with Gasteiger partial charge in [-0.25, -0.2) is 0 Å². The van der Waals surface area contributed by atoms with Crippen molar-refractivity contribution in [1.82, 2.24) is 5.32 Å². The van der Waals surface area contributed by atoms with Gasteiger partial charge in [-0.05, 0) is 50.5 Å². The Hall–Kier alpha value is 0.660. The molecule has 0 aliphatic heterocycles. The lowest BCUT2D eigenvalue weighted by molar-refractivity contribution is 0.520. The number of nitrogens with one attached hydrogen (secondary N) is 1. The Kier molecular flexibility index (Phi) is 7.17. The van der Waals surface area contributed by atoms with Gasteiger partial charge in [-0.15, -0.1) is 0 Å². The van der Waals surface area contributed by atoms with Crippen LogP contribution in [0.2, 0.25) is 0 Å². The SMILES string of the molecule is CSCCCCNC1CCCC1SC. The van der Waals surface area contributed by atoms with Crippen LogP contribution in [0.25, 0.3) is 0 Å². The molecule has 0 aromatic rings. The van der Waals surface area contributed by atoms with E-state index < -0.39 is 0 Å². The first-order valence-corrected chi connectivity index (χ1v) is 8.31. The monoisotopic (exact) mass is 233 g/mol. The van der Waals surface area contributed by atoms with Crippen LogP contribution in [0.4, 0.5) is 0 Å². The lowest BCUT2D eigenvalue weighted by Gasteiger charge is -2.18. The summed E-state index contributed by atoms with van der Waals surface area (Å²) in [5.74, 6) is 1.32. The molecule has 14 heavy (non-hydrogen) atoms. The summed E-state index contributed by atoms with van der Waals surface area (Å²) in [5, 5.41) is 4.60. The molecule has 0 saturated heterocycles. The lowest BCUT2D eigenvalue weighted by Crippen LogP contribution is -2.34. The molecule has 0 amide bonds. The molecule has 2 atom stereocenters. The van der Waals surface area contributed by atoms with E-state index in [9.17, 15) is 0 Å². The van der Waals surface area contributed by atoms with E-state index in [1.165, 1.54) is 44.4 Å². The summed E-state index contributed by atoms with van der Waals surface area (Å²) in [6, 6.07) is 0.805. The average molecular weight is 233 g/mol. The fourth-order valence-electron chi connectivity index (χ4n) is 2.10. The smallest absolute Gasteiger partial charge is 0.0198 e. The Morgan fingerprint density at radius 2 is 2.07 bits per heavy atom. The summed E-state index contributed by atoms with van der Waals surface area (Å²) in [6.45, 7) is 1.22. The molecule has 0 bridgehead atoms. The number of unbranched alkanes of at least 4 members (excludes halogenated alkanes) is 1. The number of hydrogen-bond acceptors (Lipinski definition) is 3. The molecule has 0 spiro atoms. The van der Waals surface area contributed by atoms with Crippen LogP contribution in [0.1, 0.15) is 32.1 Å². The summed E-state index contributed by atoms with van der Waals surface area (Å²) >= 11 is 4.00. The first-order valence-electron chi connectivity index (χ1n) is 5.63. The van der Waals surface area contributed by atoms with Crippen molar-refractivity contribution in [3.63, 3.8) is 0 Å². The van der Waals surface area contributed by atoms with Gasteiger partial charge in [0.1, 0.15) is 0 Å². The molecule has 0 aromatic carbocycles. The van der Waals surface area contributed by atoms with Crippen molar-refractivity contribution in [2.24, 2.45) is 0 Å². The second-order valence-electron chi connectivity index (χ2n) is 3.97. The third kappa shape index (κ3) is 4.45. The van der Waals surface area contributed by atoms with E-state index in [-0.39, 0.29) is 0 Å². The van der Waals surface area contributed by atoms with Gasteiger partial charge >= 0.3 is 0 Å². The predicted molar refractivity (Wildman–Crippen MR) is 70.6 cm³/mol. The first-order chi connectivity index (χ1) is 6.88. The van der Waals surface area contributed by atoms with Crippen molar-refractivity contribution in [3.05, 3.63) is 0 Å². The third-order valence-electron chi connectivity index (χ3n) is 2.94. The summed E-state index contributed by atoms with van der Waals surface area (Å²) in [5.41, 5.74) is 0. The van der Waals surface area contributed by atoms with Gasteiger partial charge in [0.05, 0.1) is 0 Å². The van der Waals surface area contributed by atoms with Gasteiger partial charge in [0.15, 0.2) is 0 Å². The fraction of sp³-hybridized carbons (Fsp3) is 1.00. The molecular formula is C11H23NS2. The Morgan fingerprint density at radius 3 is 2.79 bits per heavy atom. The highest BCUT2D eigenvalue weighted by Crippen LogP contribution is 2.28. The van der Waals surface area contributed by atoms with Crippen molar-refractivity contribution in [3.8, 4) is 0 Å². The van der Waals surface area contributed by atoms with Crippen LogP contribution in [0.5, 0.6) is 0 Å². The Morgan fingerprint density at radius 1 is 1.21 bits per heavy atom. The molecule has 3 heteroatoms. The van der Waals surface area contributed by atoms with E-state index in [0.717, 1.165) is 11.3 Å². The van der Waals surface area contributed by atoms with Gasteiger partial charge in [-0.2, -0.15) is 23.5 Å². The van der Waals surface area contributed by atoms with Gasteiger partial charge in [-0.3, -0.25) is 0 Å². The van der Waals surface area contributed by atoms with Crippen molar-refractivity contribution < 1.29 is 0 Å². The molecule has 0 aromatic heterocycles. The lowest BCUT2D eigenvalue weighted by atomic mass is 10.2. The highest BCUT2D eigenvalue weighted by molar-refractivity contribution is 7.99. The fourth-order valence-corrected chi connectivity index (χ4v) is 3.56. The molecule has 1 aliphatic rings. The van der Waals surface area contributed by atoms with Crippen LogP contribution in [0, 0.1) is 0 Å². The minimum Gasteiger partial charge on any atom is -0.313 e. The quantitative estimate of drug-likeness (QED) is 0.679. The third-order valence-corrected chi connectivity index (χ3v) is 4.80. The normalized spacial score (nSPS) is 27.0. The van der Waals surface area contributed by atoms with Crippen LogP contribution in [0.15, 0.2) is 0 Å². The minimum atomic E-state index is 0.805. The highest BCUT2D eigenvalue weighted by atomic mass is 32.2. The zero-order valence-corrected chi connectivity index (χ0v) is 11.1. The molecular weight excluding hydrogens is 210 g/mol. The zero-order valence-electron chi connectivity index (χ0n) is 9.42. The van der Waals surface area contributed by atoms with E-state index in [4.69, 9.17) is 0 Å². The second kappa shape index (κ2) is 7.89. The summed E-state index contributed by atoms with van der Waals surface area (Å²) in [7, 11) is 0. The molecule has 0 radical (unpaired) electrons. The maximum Gasteiger partial charge on any atom is 0.0198 e. The molecule has 84 valence electrons. The second-order valence-corrected chi connectivity index (χ2v) is 6.03. The topological polar surface area (TPSA) is 12.0 Å². The summed E-state index contributed by atoms with van der Waals surface area (Å²) in [4.78, 5) is 0. The van der Waals surface area contributed by atoms with Crippen LogP contribution in [-0.2, 0) is 0 Å². The van der Waals surface area contributed by atoms with Crippen molar-refractivity contribution in [2.75, 3.05) is 24.8 Å². The van der Waals surface area contributed by atoms with Crippen LogP contribution in [-0.4, -0.2) is 36.1 Å². The Labute approximate surface area is 97.2 Å². The van der Waals surface area contributed by atoms with E-state index >= 15 is 0 Å². The zero-order chi connectivity index (χ0) is 10.2. The average Bonchev–Trinajstić information content (AvgIpc) is 2.65. The number of rotatable bonds is 7. The van der Waals surface area contributed by atoms with E-state index in [0.29, 0.717) is 0 Å². The predicted octanol–water partition coefficient (Wildman–Crippen LogP) is 3.00. The van der Waals surface area contributed by atoms with Gasteiger partial charge in [0.2, 0.25) is 0 Å². The standard InChI is InChI=1S/C11H23NS2/c1-13-9-4-3-8-12-10-6-5-7-11(10)14-2/h10-12H,3-9H2,1-2H3. The van der Waals surface area contributed by atoms with E-state index in [1.807, 2.05) is 23.5 Å². The summed E-state index contributed by atoms with van der Waals surface area (Å²) in [6.07, 6.45) is 11.4. The van der Waals surface area contributed by atoms with Gasteiger partial charge in [0.25, 0.3) is 0 Å². The molecule has 2 unspecified atom stereocenters. The van der Waals surface area contributed by atoms with E-state index in [2.05, 4.69) is 17.8 Å². The minimum absolute atomic E-state index is 0.805. The van der Waals surface area contributed by atoms with Gasteiger partial charge in [-0.1, -0.05) is 6.42 Å². The van der Waals surface area contributed by atoms with Crippen molar-refractivity contribution in [1.29, 1.82) is 0 Å². The van der Waals surface area contributed by atoms with Crippen LogP contribution < -0.4 is 5.32 Å². The highest BCUT2D eigenvalue weighted by Gasteiger charge is 2.25. The molecule has 1 saturated carbocycles. The number of hydrogen-bond donors (Lipinski definition) is 1. The molecule has 1 nitrogen and oxygen atoms in total. The Balaban J connectivity index is 2.00. The van der Waals surface area contributed by atoms with Crippen molar-refractivity contribution >= 4 is 23.5 Å². The number of thioether (sulfide) groups is 2. The van der Waals surface area contributed by atoms with Crippen LogP contribution in [0.3, 0.4) is 0 Å². The molecule has 1 aliphatic carbocycles. The molecule has 1 N–H and O–H groups in total. The Bertz CT molecular complexity index is 141.